The summed E-state index contributed by atoms with van der Waals surface area (Å²) in [5, 5.41) is 9.65. The highest BCUT2D eigenvalue weighted by Gasteiger charge is 2.10. The molecule has 1 atom stereocenters. The third-order valence-electron chi connectivity index (χ3n) is 2.74. The maximum Gasteiger partial charge on any atom is 0.333 e. The van der Waals surface area contributed by atoms with Crippen molar-refractivity contribution < 1.29 is 19.4 Å². The smallest absolute Gasteiger partial charge is 0.333 e. The van der Waals surface area contributed by atoms with Crippen LogP contribution in [-0.4, -0.2) is 30.4 Å². The monoisotopic (exact) mass is 278 g/mol. The molecular weight excluding hydrogens is 256 g/mol. The van der Waals surface area contributed by atoms with Crippen molar-refractivity contribution in [2.24, 2.45) is 0 Å². The lowest BCUT2D eigenvalue weighted by Gasteiger charge is -2.13. The zero-order valence-electron chi connectivity index (χ0n) is 12.3. The molecule has 1 N–H and O–H groups in total. The van der Waals surface area contributed by atoms with Gasteiger partial charge in [-0.25, -0.2) is 4.79 Å². The fourth-order valence-electron chi connectivity index (χ4n) is 1.48. The van der Waals surface area contributed by atoms with Crippen LogP contribution in [0.25, 0.3) is 0 Å². The fourth-order valence-corrected chi connectivity index (χ4v) is 1.48. The van der Waals surface area contributed by atoms with Gasteiger partial charge >= 0.3 is 5.97 Å². The average Bonchev–Trinajstić information content (AvgIpc) is 2.42. The second-order valence-electron chi connectivity index (χ2n) is 5.07. The van der Waals surface area contributed by atoms with Gasteiger partial charge in [-0.1, -0.05) is 32.6 Å². The van der Waals surface area contributed by atoms with Crippen molar-refractivity contribution >= 4 is 5.97 Å². The summed E-state index contributed by atoms with van der Waals surface area (Å²) in [6.45, 7) is 9.23. The van der Waals surface area contributed by atoms with Gasteiger partial charge in [0, 0.05) is 5.57 Å². The van der Waals surface area contributed by atoms with Gasteiger partial charge in [0.25, 0.3) is 0 Å². The molecule has 0 bridgehead atoms. The Hall–Kier alpha value is -1.81. The molecule has 0 amide bonds. The van der Waals surface area contributed by atoms with E-state index in [9.17, 15) is 9.90 Å². The Morgan fingerprint density at radius 2 is 1.85 bits per heavy atom. The van der Waals surface area contributed by atoms with Gasteiger partial charge in [0.1, 0.15) is 25.1 Å². The van der Waals surface area contributed by atoms with Crippen LogP contribution in [0.4, 0.5) is 0 Å². The Bertz CT molecular complexity index is 448. The van der Waals surface area contributed by atoms with E-state index in [0.29, 0.717) is 17.2 Å². The van der Waals surface area contributed by atoms with Gasteiger partial charge < -0.3 is 14.6 Å². The molecule has 1 rings (SSSR count). The van der Waals surface area contributed by atoms with Crippen molar-refractivity contribution in [3.05, 3.63) is 42.0 Å². The molecule has 0 saturated heterocycles. The van der Waals surface area contributed by atoms with Gasteiger partial charge in [0.15, 0.2) is 0 Å². The normalized spacial score (nSPS) is 12.1. The highest BCUT2D eigenvalue weighted by molar-refractivity contribution is 5.86. The van der Waals surface area contributed by atoms with Gasteiger partial charge in [-0.05, 0) is 30.5 Å². The fraction of sp³-hybridized carbons (Fsp3) is 0.438. The first-order valence-electron chi connectivity index (χ1n) is 6.63. The summed E-state index contributed by atoms with van der Waals surface area (Å²) in [6, 6.07) is 7.71. The number of aliphatic hydroxyl groups excluding tert-OH is 1. The first-order valence-corrected chi connectivity index (χ1v) is 6.63. The van der Waals surface area contributed by atoms with E-state index >= 15 is 0 Å². The number of hydrogen-bond donors (Lipinski definition) is 1. The minimum absolute atomic E-state index is 0.0739. The van der Waals surface area contributed by atoms with E-state index in [1.165, 1.54) is 5.56 Å². The van der Waals surface area contributed by atoms with Crippen molar-refractivity contribution in [2.45, 2.75) is 32.8 Å². The molecule has 0 fully saturated rings. The van der Waals surface area contributed by atoms with Crippen molar-refractivity contribution in [1.29, 1.82) is 0 Å². The molecular formula is C16H22O4. The van der Waals surface area contributed by atoms with Gasteiger partial charge in [-0.15, -0.1) is 0 Å². The van der Waals surface area contributed by atoms with Crippen LogP contribution in [0.2, 0.25) is 0 Å². The second kappa shape index (κ2) is 7.70. The summed E-state index contributed by atoms with van der Waals surface area (Å²) in [5.41, 5.74) is 1.54. The maximum absolute atomic E-state index is 11.1. The molecule has 0 aliphatic rings. The lowest BCUT2D eigenvalue weighted by molar-refractivity contribution is -0.142. The maximum atomic E-state index is 11.1. The van der Waals surface area contributed by atoms with Gasteiger partial charge in [-0.3, -0.25) is 0 Å². The summed E-state index contributed by atoms with van der Waals surface area (Å²) in [4.78, 5) is 11.1. The Morgan fingerprint density at radius 3 is 2.35 bits per heavy atom. The van der Waals surface area contributed by atoms with E-state index < -0.39 is 12.1 Å². The van der Waals surface area contributed by atoms with Crippen molar-refractivity contribution in [3.8, 4) is 5.75 Å². The number of carbonyl (C=O) groups excluding carboxylic acids is 1. The van der Waals surface area contributed by atoms with Crippen LogP contribution in [0.15, 0.2) is 36.4 Å². The largest absolute Gasteiger partial charge is 0.491 e. The molecule has 4 nitrogen and oxygen atoms in total. The lowest BCUT2D eigenvalue weighted by Crippen LogP contribution is -2.25. The van der Waals surface area contributed by atoms with Crippen molar-refractivity contribution in [1.82, 2.24) is 0 Å². The van der Waals surface area contributed by atoms with Crippen LogP contribution in [0.5, 0.6) is 5.75 Å². The highest BCUT2D eigenvalue weighted by Crippen LogP contribution is 2.18. The van der Waals surface area contributed by atoms with Gasteiger partial charge in [0.05, 0.1) is 0 Å². The first-order chi connectivity index (χ1) is 9.40. The third kappa shape index (κ3) is 5.45. The van der Waals surface area contributed by atoms with Crippen LogP contribution >= 0.6 is 0 Å². The standard InChI is InChI=1S/C16H22O4/c1-11(2)13-5-7-15(8-6-13)19-9-14(17)10-20-16(18)12(3)4/h5-8,11,14,17H,3,9-10H2,1-2,4H3. The highest BCUT2D eigenvalue weighted by atomic mass is 16.5. The van der Waals surface area contributed by atoms with E-state index in [1.807, 2.05) is 24.3 Å². The van der Waals surface area contributed by atoms with Gasteiger partial charge in [-0.2, -0.15) is 0 Å². The zero-order chi connectivity index (χ0) is 15.1. The Labute approximate surface area is 120 Å². The van der Waals surface area contributed by atoms with Crippen LogP contribution < -0.4 is 4.74 Å². The molecule has 0 saturated carbocycles. The number of esters is 1. The Balaban J connectivity index is 2.35. The number of rotatable bonds is 7. The molecule has 1 aromatic carbocycles. The minimum Gasteiger partial charge on any atom is -0.491 e. The Kier molecular flexibility index (Phi) is 6.25. The molecule has 4 heteroatoms. The van der Waals surface area contributed by atoms with E-state index in [2.05, 4.69) is 20.4 Å². The summed E-state index contributed by atoms with van der Waals surface area (Å²) >= 11 is 0. The predicted octanol–water partition coefficient (Wildman–Crippen LogP) is 2.67. The van der Waals surface area contributed by atoms with Crippen LogP contribution in [0.1, 0.15) is 32.3 Å². The summed E-state index contributed by atoms with van der Waals surface area (Å²) in [7, 11) is 0. The summed E-state index contributed by atoms with van der Waals surface area (Å²) in [5.74, 6) is 0.640. The van der Waals surface area contributed by atoms with E-state index in [4.69, 9.17) is 9.47 Å². The predicted molar refractivity (Wildman–Crippen MR) is 77.8 cm³/mol. The third-order valence-corrected chi connectivity index (χ3v) is 2.74. The molecule has 110 valence electrons. The van der Waals surface area contributed by atoms with Crippen LogP contribution in [0, 0.1) is 0 Å². The minimum atomic E-state index is -0.858. The first kappa shape index (κ1) is 16.2. The molecule has 0 aromatic heterocycles. The molecule has 0 radical (unpaired) electrons. The van der Waals surface area contributed by atoms with E-state index in [1.54, 1.807) is 6.92 Å². The lowest BCUT2D eigenvalue weighted by atomic mass is 10.0. The molecule has 0 heterocycles. The van der Waals surface area contributed by atoms with Crippen molar-refractivity contribution in [2.75, 3.05) is 13.2 Å². The molecule has 0 aliphatic heterocycles. The zero-order valence-corrected chi connectivity index (χ0v) is 12.3. The second-order valence-corrected chi connectivity index (χ2v) is 5.07. The SMILES string of the molecule is C=C(C)C(=O)OCC(O)COc1ccc(C(C)C)cc1. The van der Waals surface area contributed by atoms with Crippen LogP contribution in [-0.2, 0) is 9.53 Å². The number of hydrogen-bond acceptors (Lipinski definition) is 4. The number of benzene rings is 1. The number of ether oxygens (including phenoxy) is 2. The Morgan fingerprint density at radius 1 is 1.25 bits per heavy atom. The molecule has 1 unspecified atom stereocenters. The average molecular weight is 278 g/mol. The van der Waals surface area contributed by atoms with E-state index in [-0.39, 0.29) is 13.2 Å². The van der Waals surface area contributed by atoms with Gasteiger partial charge in [0.2, 0.25) is 0 Å². The van der Waals surface area contributed by atoms with Crippen LogP contribution in [0.3, 0.4) is 0 Å². The molecule has 1 aromatic rings. The molecule has 0 spiro atoms. The summed E-state index contributed by atoms with van der Waals surface area (Å²) in [6.07, 6.45) is -0.858. The molecule has 0 aliphatic carbocycles. The number of carbonyl (C=O) groups is 1. The summed E-state index contributed by atoms with van der Waals surface area (Å²) < 4.78 is 10.3. The molecule has 20 heavy (non-hydrogen) atoms. The quantitative estimate of drug-likeness (QED) is 0.615. The number of aliphatic hydroxyl groups is 1. The topological polar surface area (TPSA) is 55.8 Å². The van der Waals surface area contributed by atoms with Crippen molar-refractivity contribution in [3.63, 3.8) is 0 Å². The van der Waals surface area contributed by atoms with E-state index in [0.717, 1.165) is 0 Å².